The van der Waals surface area contributed by atoms with Gasteiger partial charge < -0.3 is 35.7 Å². The second-order valence-corrected chi connectivity index (χ2v) is 3.73. The van der Waals surface area contributed by atoms with Gasteiger partial charge in [0.1, 0.15) is 24.4 Å². The molecular weight excluding hydrogens is 232 g/mol. The zero-order valence-electron chi connectivity index (χ0n) is 9.82. The van der Waals surface area contributed by atoms with Gasteiger partial charge in [-0.2, -0.15) is 0 Å². The topological polar surface area (TPSA) is 133 Å². The number of carbonyl (C=O) groups is 1. The summed E-state index contributed by atoms with van der Waals surface area (Å²) in [6.07, 6.45) is -6.34. The molecule has 0 bridgehead atoms. The van der Waals surface area contributed by atoms with E-state index >= 15 is 0 Å². The first kappa shape index (κ1) is 16.1. The number of rotatable bonds is 6. The van der Waals surface area contributed by atoms with Crippen molar-refractivity contribution in [2.24, 2.45) is 0 Å². The van der Waals surface area contributed by atoms with Crippen LogP contribution in [-0.2, 0) is 0 Å². The van der Waals surface area contributed by atoms with Gasteiger partial charge in [-0.15, -0.1) is 0 Å². The molecule has 0 saturated heterocycles. The van der Waals surface area contributed by atoms with E-state index in [1.807, 2.05) is 0 Å². The van der Waals surface area contributed by atoms with Gasteiger partial charge in [-0.3, -0.25) is 0 Å². The molecule has 0 fully saturated rings. The van der Waals surface area contributed by atoms with Gasteiger partial charge in [0.15, 0.2) is 0 Å². The number of hydrogen-bond acceptors (Lipinski definition) is 6. The van der Waals surface area contributed by atoms with Crippen LogP contribution in [0.2, 0.25) is 0 Å². The van der Waals surface area contributed by atoms with Gasteiger partial charge in [0, 0.05) is 14.1 Å². The van der Waals surface area contributed by atoms with Crippen molar-refractivity contribution in [1.29, 1.82) is 0 Å². The molecule has 0 heterocycles. The summed E-state index contributed by atoms with van der Waals surface area (Å²) in [6.45, 7) is -0.966. The average molecular weight is 252 g/mol. The molecule has 0 aromatic carbocycles. The lowest BCUT2D eigenvalue weighted by Crippen LogP contribution is -2.50. The number of hydrogen-bond donors (Lipinski definition) is 6. The zero-order chi connectivity index (χ0) is 13.6. The van der Waals surface area contributed by atoms with Crippen LogP contribution in [0.1, 0.15) is 0 Å². The molecule has 0 aliphatic heterocycles. The predicted octanol–water partition coefficient (Wildman–Crippen LogP) is -3.31. The van der Waals surface area contributed by atoms with Gasteiger partial charge in [-0.05, 0) is 0 Å². The van der Waals surface area contributed by atoms with E-state index in [0.29, 0.717) is 0 Å². The van der Waals surface area contributed by atoms with E-state index in [0.717, 1.165) is 4.90 Å². The minimum Gasteiger partial charge on any atom is -0.394 e. The van der Waals surface area contributed by atoms with Crippen molar-refractivity contribution in [2.45, 2.75) is 24.4 Å². The fourth-order valence-electron chi connectivity index (χ4n) is 1.23. The number of aliphatic hydroxyl groups is 5. The Bertz CT molecular complexity index is 240. The van der Waals surface area contributed by atoms with Gasteiger partial charge in [0.25, 0.3) is 0 Å². The number of likely N-dealkylation sites (N-methyl/N-ethyl adjacent to an activating group) is 1. The smallest absolute Gasteiger partial charge is 0.316 e. The standard InChI is InChI=1S/C9H20N2O6/c1-10-9(17)11(2)3-5(13)7(15)8(16)6(14)4-12/h5-8,12-16H,3-4H2,1-2H3,(H,10,17). The Balaban J connectivity index is 4.30. The van der Waals surface area contributed by atoms with Crippen LogP contribution in [-0.4, -0.2) is 88.1 Å². The molecule has 2 amide bonds. The normalized spacial score (nSPS) is 18.1. The lowest BCUT2D eigenvalue weighted by molar-refractivity contribution is -0.117. The lowest BCUT2D eigenvalue weighted by Gasteiger charge is -2.28. The number of urea groups is 1. The number of aliphatic hydroxyl groups excluding tert-OH is 5. The Labute approximate surface area is 99.1 Å². The van der Waals surface area contributed by atoms with Crippen molar-refractivity contribution in [2.75, 3.05) is 27.2 Å². The van der Waals surface area contributed by atoms with Crippen molar-refractivity contribution in [3.63, 3.8) is 0 Å². The van der Waals surface area contributed by atoms with E-state index < -0.39 is 37.1 Å². The van der Waals surface area contributed by atoms with E-state index in [1.54, 1.807) is 0 Å². The monoisotopic (exact) mass is 252 g/mol. The molecule has 0 saturated carbocycles. The molecule has 0 rings (SSSR count). The number of carbonyl (C=O) groups excluding carboxylic acids is 1. The summed E-state index contributed by atoms with van der Waals surface area (Å²) < 4.78 is 0. The SMILES string of the molecule is CNC(=O)N(C)CC(O)C(O)C(O)C(O)CO. The van der Waals surface area contributed by atoms with E-state index in [9.17, 15) is 20.1 Å². The van der Waals surface area contributed by atoms with Gasteiger partial charge in [-0.1, -0.05) is 0 Å². The second-order valence-electron chi connectivity index (χ2n) is 3.73. The molecule has 8 heteroatoms. The lowest BCUT2D eigenvalue weighted by atomic mass is 10.0. The van der Waals surface area contributed by atoms with Gasteiger partial charge in [0.05, 0.1) is 13.2 Å². The number of nitrogens with zero attached hydrogens (tertiary/aromatic N) is 1. The molecule has 0 aromatic rings. The highest BCUT2D eigenvalue weighted by Crippen LogP contribution is 2.06. The Morgan fingerprint density at radius 2 is 1.65 bits per heavy atom. The second kappa shape index (κ2) is 7.41. The van der Waals surface area contributed by atoms with Crippen LogP contribution in [0.5, 0.6) is 0 Å². The van der Waals surface area contributed by atoms with E-state index in [1.165, 1.54) is 14.1 Å². The third-order valence-corrected chi connectivity index (χ3v) is 2.35. The highest BCUT2D eigenvalue weighted by Gasteiger charge is 2.31. The first-order valence-corrected chi connectivity index (χ1v) is 5.11. The summed E-state index contributed by atoms with van der Waals surface area (Å²) in [7, 11) is 2.80. The van der Waals surface area contributed by atoms with Crippen LogP contribution in [0.15, 0.2) is 0 Å². The molecule has 102 valence electrons. The summed E-state index contributed by atoms with van der Waals surface area (Å²) in [4.78, 5) is 12.2. The first-order valence-electron chi connectivity index (χ1n) is 5.11. The van der Waals surface area contributed by atoms with Crippen molar-refractivity contribution in [3.8, 4) is 0 Å². The van der Waals surface area contributed by atoms with Crippen LogP contribution in [0.3, 0.4) is 0 Å². The summed E-state index contributed by atoms with van der Waals surface area (Å²) in [5.74, 6) is 0. The van der Waals surface area contributed by atoms with Gasteiger partial charge in [-0.25, -0.2) is 4.79 Å². The molecule has 4 atom stereocenters. The Morgan fingerprint density at radius 1 is 1.18 bits per heavy atom. The number of nitrogens with one attached hydrogen (secondary N) is 1. The number of amides is 2. The summed E-state index contributed by atoms with van der Waals surface area (Å²) >= 11 is 0. The van der Waals surface area contributed by atoms with Gasteiger partial charge in [0.2, 0.25) is 0 Å². The fraction of sp³-hybridized carbons (Fsp3) is 0.889. The van der Waals surface area contributed by atoms with Crippen LogP contribution >= 0.6 is 0 Å². The van der Waals surface area contributed by atoms with E-state index in [4.69, 9.17) is 10.2 Å². The molecule has 0 spiro atoms. The molecule has 17 heavy (non-hydrogen) atoms. The van der Waals surface area contributed by atoms with E-state index in [-0.39, 0.29) is 6.54 Å². The van der Waals surface area contributed by atoms with Crippen LogP contribution in [0.25, 0.3) is 0 Å². The molecule has 4 unspecified atom stereocenters. The molecule has 8 nitrogen and oxygen atoms in total. The van der Waals surface area contributed by atoms with Crippen LogP contribution in [0.4, 0.5) is 4.79 Å². The summed E-state index contributed by atoms with van der Waals surface area (Å²) in [5.41, 5.74) is 0. The minimum absolute atomic E-state index is 0.226. The third-order valence-electron chi connectivity index (χ3n) is 2.35. The van der Waals surface area contributed by atoms with Crippen LogP contribution < -0.4 is 5.32 Å². The molecule has 0 aliphatic carbocycles. The highest BCUT2D eigenvalue weighted by atomic mass is 16.4. The zero-order valence-corrected chi connectivity index (χ0v) is 9.82. The summed E-state index contributed by atoms with van der Waals surface area (Å²) in [5, 5.41) is 48.3. The van der Waals surface area contributed by atoms with Crippen molar-refractivity contribution in [3.05, 3.63) is 0 Å². The van der Waals surface area contributed by atoms with Crippen LogP contribution in [0, 0.1) is 0 Å². The molecule has 0 aliphatic rings. The third kappa shape index (κ3) is 4.84. The largest absolute Gasteiger partial charge is 0.394 e. The maximum Gasteiger partial charge on any atom is 0.316 e. The molecule has 0 aromatic heterocycles. The fourth-order valence-corrected chi connectivity index (χ4v) is 1.23. The van der Waals surface area contributed by atoms with Crippen molar-refractivity contribution >= 4 is 6.03 Å². The molecule has 0 radical (unpaired) electrons. The maximum absolute atomic E-state index is 11.1. The van der Waals surface area contributed by atoms with Crippen molar-refractivity contribution < 1.29 is 30.3 Å². The summed E-state index contributed by atoms with van der Waals surface area (Å²) in [6, 6.07) is -0.464. The highest BCUT2D eigenvalue weighted by molar-refractivity contribution is 5.73. The van der Waals surface area contributed by atoms with Crippen molar-refractivity contribution in [1.82, 2.24) is 10.2 Å². The molecule has 6 N–H and O–H groups in total. The Kier molecular flexibility index (Phi) is 7.00. The average Bonchev–Trinajstić information content (AvgIpc) is 2.34. The van der Waals surface area contributed by atoms with E-state index in [2.05, 4.69) is 5.32 Å². The Hall–Kier alpha value is -0.930. The maximum atomic E-state index is 11.1. The molecular formula is C9H20N2O6. The first-order chi connectivity index (χ1) is 7.84. The predicted molar refractivity (Wildman–Crippen MR) is 58.2 cm³/mol. The minimum atomic E-state index is -1.69. The Morgan fingerprint density at radius 3 is 2.06 bits per heavy atom. The quantitative estimate of drug-likeness (QED) is 0.293. The van der Waals surface area contributed by atoms with Gasteiger partial charge >= 0.3 is 6.03 Å².